The van der Waals surface area contributed by atoms with Gasteiger partial charge in [-0.1, -0.05) is 25.2 Å². The molecule has 1 heterocycles. The normalized spacial score (nSPS) is 12.0. The number of amides is 1. The van der Waals surface area contributed by atoms with Crippen LogP contribution >= 0.6 is 11.3 Å². The number of nitrogens with zero attached hydrogens (tertiary/aromatic N) is 4. The summed E-state index contributed by atoms with van der Waals surface area (Å²) in [7, 11) is 1.90. The Morgan fingerprint density at radius 3 is 2.20 bits per heavy atom. The summed E-state index contributed by atoms with van der Waals surface area (Å²) in [5.41, 5.74) is 1.18. The van der Waals surface area contributed by atoms with Crippen LogP contribution in [-0.4, -0.2) is 75.9 Å². The minimum absolute atomic E-state index is 0.197. The number of likely N-dealkylation sites (N-methyl/N-ethyl adjacent to an activating group) is 1. The molecule has 0 spiro atoms. The van der Waals surface area contributed by atoms with Crippen molar-refractivity contribution < 1.29 is 17.9 Å². The van der Waals surface area contributed by atoms with Gasteiger partial charge in [-0.05, 0) is 63.3 Å². The maximum Gasteiger partial charge on any atom is 0.260 e. The molecule has 190 valence electrons. The number of anilines is 1. The van der Waals surface area contributed by atoms with Crippen LogP contribution in [0.1, 0.15) is 37.0 Å². The van der Waals surface area contributed by atoms with E-state index in [1.165, 1.54) is 27.8 Å². The summed E-state index contributed by atoms with van der Waals surface area (Å²) in [6.07, 6.45) is 1.48. The van der Waals surface area contributed by atoms with E-state index in [0.29, 0.717) is 42.6 Å². The van der Waals surface area contributed by atoms with Gasteiger partial charge in [0.1, 0.15) is 5.75 Å². The van der Waals surface area contributed by atoms with Crippen molar-refractivity contribution in [3.05, 3.63) is 48.0 Å². The van der Waals surface area contributed by atoms with Crippen molar-refractivity contribution in [2.45, 2.75) is 31.6 Å². The fourth-order valence-corrected chi connectivity index (χ4v) is 6.24. The lowest BCUT2D eigenvalue weighted by molar-refractivity contribution is 0.0985. The van der Waals surface area contributed by atoms with Crippen molar-refractivity contribution in [3.63, 3.8) is 0 Å². The topological polar surface area (TPSA) is 83.1 Å². The smallest absolute Gasteiger partial charge is 0.260 e. The first-order valence-corrected chi connectivity index (χ1v) is 14.0. The zero-order chi connectivity index (χ0) is 25.6. The van der Waals surface area contributed by atoms with E-state index in [4.69, 9.17) is 4.74 Å². The zero-order valence-electron chi connectivity index (χ0n) is 21.0. The van der Waals surface area contributed by atoms with Gasteiger partial charge < -0.3 is 9.64 Å². The van der Waals surface area contributed by atoms with Crippen molar-refractivity contribution in [3.8, 4) is 5.75 Å². The number of carbonyl (C=O) groups excluding carboxylic acids is 1. The fraction of sp³-hybridized carbons (Fsp3) is 0.440. The Hall–Kier alpha value is -2.53. The number of thiazole rings is 1. The van der Waals surface area contributed by atoms with E-state index in [2.05, 4.69) is 4.98 Å². The molecule has 1 aromatic heterocycles. The van der Waals surface area contributed by atoms with E-state index in [1.807, 2.05) is 51.0 Å². The van der Waals surface area contributed by atoms with Crippen molar-refractivity contribution in [2.75, 3.05) is 52.3 Å². The van der Waals surface area contributed by atoms with Gasteiger partial charge in [0.25, 0.3) is 5.91 Å². The third-order valence-corrected chi connectivity index (χ3v) is 8.49. The Morgan fingerprint density at radius 2 is 1.63 bits per heavy atom. The average molecular weight is 519 g/mol. The first-order valence-electron chi connectivity index (χ1n) is 11.7. The van der Waals surface area contributed by atoms with Gasteiger partial charge in [0.15, 0.2) is 5.13 Å². The Morgan fingerprint density at radius 1 is 0.971 bits per heavy atom. The number of ether oxygens (including phenoxy) is 1. The highest BCUT2D eigenvalue weighted by Gasteiger charge is 2.25. The molecule has 0 aliphatic heterocycles. The molecule has 1 amide bonds. The van der Waals surface area contributed by atoms with Gasteiger partial charge in [-0.3, -0.25) is 9.69 Å². The predicted octanol–water partition coefficient (Wildman–Crippen LogP) is 4.32. The highest BCUT2D eigenvalue weighted by molar-refractivity contribution is 7.89. The van der Waals surface area contributed by atoms with E-state index in [0.717, 1.165) is 23.1 Å². The summed E-state index contributed by atoms with van der Waals surface area (Å²) < 4.78 is 33.9. The molecule has 0 fully saturated rings. The lowest BCUT2D eigenvalue weighted by atomic mass is 10.2. The standard InChI is InChI=1S/C25H34N4O4S2/c1-6-14-28(15-7-2)35(31,32)21-11-8-19(9-12-21)24(30)29(17-16-27(3)4)25-26-22-18-20(33-5)10-13-23(22)34-25/h8-13,18H,6-7,14-17H2,1-5H3. The number of carbonyl (C=O) groups is 1. The second-order valence-corrected chi connectivity index (χ2v) is 11.5. The molecule has 35 heavy (non-hydrogen) atoms. The molecule has 0 unspecified atom stereocenters. The molecule has 3 aromatic rings. The average Bonchev–Trinajstić information content (AvgIpc) is 3.26. The summed E-state index contributed by atoms with van der Waals surface area (Å²) in [4.78, 5) is 22.1. The quantitative estimate of drug-likeness (QED) is 0.355. The number of rotatable bonds is 12. The number of fused-ring (bicyclic) bond motifs is 1. The van der Waals surface area contributed by atoms with Crippen molar-refractivity contribution in [1.82, 2.24) is 14.2 Å². The molecule has 0 aliphatic rings. The minimum Gasteiger partial charge on any atom is -0.497 e. The van der Waals surface area contributed by atoms with Gasteiger partial charge in [-0.2, -0.15) is 4.31 Å². The Bertz CT molecular complexity index is 1230. The maximum absolute atomic E-state index is 13.5. The van der Waals surface area contributed by atoms with Crippen molar-refractivity contribution in [2.24, 2.45) is 0 Å². The Labute approximate surface area is 212 Å². The van der Waals surface area contributed by atoms with Gasteiger partial charge in [0.05, 0.1) is 22.2 Å². The first-order chi connectivity index (χ1) is 16.7. The number of benzene rings is 2. The summed E-state index contributed by atoms with van der Waals surface area (Å²) in [6, 6.07) is 11.9. The van der Waals surface area contributed by atoms with Crippen LogP contribution in [0.2, 0.25) is 0 Å². The lowest BCUT2D eigenvalue weighted by Crippen LogP contribution is -2.36. The van der Waals surface area contributed by atoms with Crippen LogP contribution in [0.4, 0.5) is 5.13 Å². The Balaban J connectivity index is 1.92. The molecule has 0 atom stereocenters. The molecule has 0 saturated carbocycles. The number of hydrogen-bond donors (Lipinski definition) is 0. The lowest BCUT2D eigenvalue weighted by Gasteiger charge is -2.23. The van der Waals surface area contributed by atoms with Crippen LogP contribution < -0.4 is 9.64 Å². The molecule has 2 aromatic carbocycles. The number of sulfonamides is 1. The van der Waals surface area contributed by atoms with E-state index >= 15 is 0 Å². The molecule has 0 saturated heterocycles. The highest BCUT2D eigenvalue weighted by atomic mass is 32.2. The van der Waals surface area contributed by atoms with Gasteiger partial charge in [0, 0.05) is 37.8 Å². The summed E-state index contributed by atoms with van der Waals surface area (Å²) in [5, 5.41) is 0.592. The largest absolute Gasteiger partial charge is 0.497 e. The van der Waals surface area contributed by atoms with Crippen LogP contribution in [-0.2, 0) is 10.0 Å². The van der Waals surface area contributed by atoms with E-state index in [-0.39, 0.29) is 10.8 Å². The molecule has 8 nitrogen and oxygen atoms in total. The van der Waals surface area contributed by atoms with Gasteiger partial charge >= 0.3 is 0 Å². The molecule has 0 aliphatic carbocycles. The first kappa shape index (κ1) is 27.1. The molecule has 3 rings (SSSR count). The van der Waals surface area contributed by atoms with Crippen LogP contribution in [0.25, 0.3) is 10.2 Å². The fourth-order valence-electron chi connectivity index (χ4n) is 3.65. The van der Waals surface area contributed by atoms with Crippen LogP contribution in [0.15, 0.2) is 47.4 Å². The van der Waals surface area contributed by atoms with Gasteiger partial charge in [-0.15, -0.1) is 0 Å². The monoisotopic (exact) mass is 518 g/mol. The zero-order valence-corrected chi connectivity index (χ0v) is 22.7. The minimum atomic E-state index is -3.61. The SMILES string of the molecule is CCCN(CCC)S(=O)(=O)c1ccc(C(=O)N(CCN(C)C)c2nc3cc(OC)ccc3s2)cc1. The summed E-state index contributed by atoms with van der Waals surface area (Å²) in [6.45, 7) is 5.96. The maximum atomic E-state index is 13.5. The molecular formula is C25H34N4O4S2. The van der Waals surface area contributed by atoms with Crippen LogP contribution in [0.5, 0.6) is 5.75 Å². The molecule has 0 bridgehead atoms. The van der Waals surface area contributed by atoms with Crippen molar-refractivity contribution in [1.29, 1.82) is 0 Å². The predicted molar refractivity (Wildman–Crippen MR) is 142 cm³/mol. The number of methoxy groups -OCH3 is 1. The van der Waals surface area contributed by atoms with E-state index in [1.54, 1.807) is 24.1 Å². The van der Waals surface area contributed by atoms with E-state index in [9.17, 15) is 13.2 Å². The Kier molecular flexibility index (Phi) is 9.23. The molecule has 10 heteroatoms. The number of aromatic nitrogens is 1. The number of hydrogen-bond acceptors (Lipinski definition) is 7. The van der Waals surface area contributed by atoms with Crippen LogP contribution in [0, 0.1) is 0 Å². The second-order valence-electron chi connectivity index (χ2n) is 8.52. The van der Waals surface area contributed by atoms with Crippen molar-refractivity contribution >= 4 is 42.6 Å². The van der Waals surface area contributed by atoms with Gasteiger partial charge in [0.2, 0.25) is 10.0 Å². The van der Waals surface area contributed by atoms with Crippen LogP contribution in [0.3, 0.4) is 0 Å². The molecule has 0 N–H and O–H groups in total. The molecular weight excluding hydrogens is 484 g/mol. The third kappa shape index (κ3) is 6.38. The van der Waals surface area contributed by atoms with Gasteiger partial charge in [-0.25, -0.2) is 13.4 Å². The summed E-state index contributed by atoms with van der Waals surface area (Å²) in [5.74, 6) is 0.485. The third-order valence-electron chi connectivity index (χ3n) is 5.52. The highest BCUT2D eigenvalue weighted by Crippen LogP contribution is 2.32. The molecule has 0 radical (unpaired) electrons. The van der Waals surface area contributed by atoms with E-state index < -0.39 is 10.0 Å². The summed E-state index contributed by atoms with van der Waals surface area (Å²) >= 11 is 1.44. The second kappa shape index (κ2) is 11.9.